The number of amides is 1. The van der Waals surface area contributed by atoms with Crippen LogP contribution >= 0.6 is 0 Å². The van der Waals surface area contributed by atoms with Crippen LogP contribution in [0.15, 0.2) is 24.3 Å². The molecule has 0 unspecified atom stereocenters. The average Bonchev–Trinajstić information content (AvgIpc) is 2.55. The van der Waals surface area contributed by atoms with Crippen LogP contribution in [0, 0.1) is 0 Å². The molecule has 1 amide bonds. The Kier molecular flexibility index (Phi) is 6.21. The van der Waals surface area contributed by atoms with Crippen LogP contribution in [0.1, 0.15) is 48.0 Å². The molecule has 1 aromatic carbocycles. The summed E-state index contributed by atoms with van der Waals surface area (Å²) in [6.07, 6.45) is 6.39. The van der Waals surface area contributed by atoms with Crippen LogP contribution in [-0.4, -0.2) is 42.2 Å². The predicted octanol–water partition coefficient (Wildman–Crippen LogP) is 2.17. The molecule has 0 bridgehead atoms. The molecule has 1 aliphatic carbocycles. The number of carbonyl (C=O) groups excluding carboxylic acids is 1. The van der Waals surface area contributed by atoms with Crippen LogP contribution in [0.25, 0.3) is 0 Å². The molecular formula is C17H26N2O2. The van der Waals surface area contributed by atoms with Gasteiger partial charge in [-0.2, -0.15) is 0 Å². The highest BCUT2D eigenvalue weighted by Crippen LogP contribution is 2.24. The zero-order chi connectivity index (χ0) is 15.1. The number of hydrogen-bond acceptors (Lipinski definition) is 3. The third-order valence-electron chi connectivity index (χ3n) is 4.31. The van der Waals surface area contributed by atoms with Crippen molar-refractivity contribution >= 4 is 5.91 Å². The molecule has 4 heteroatoms. The molecule has 1 saturated carbocycles. The molecule has 4 nitrogen and oxygen atoms in total. The molecule has 1 fully saturated rings. The summed E-state index contributed by atoms with van der Waals surface area (Å²) in [5, 5.41) is 11.9. The van der Waals surface area contributed by atoms with E-state index in [1.807, 2.05) is 24.3 Å². The molecule has 1 aliphatic rings. The quantitative estimate of drug-likeness (QED) is 0.844. The van der Waals surface area contributed by atoms with Gasteiger partial charge in [0.1, 0.15) is 0 Å². The Hall–Kier alpha value is -1.39. The number of aliphatic hydroxyl groups is 1. The van der Waals surface area contributed by atoms with Crippen LogP contribution < -0.4 is 5.32 Å². The maximum absolute atomic E-state index is 11.5. The van der Waals surface area contributed by atoms with Crippen molar-refractivity contribution in [2.24, 2.45) is 0 Å². The second kappa shape index (κ2) is 8.15. The maximum atomic E-state index is 11.5. The molecule has 0 heterocycles. The Morgan fingerprint density at radius 1 is 1.24 bits per heavy atom. The van der Waals surface area contributed by atoms with E-state index >= 15 is 0 Å². The molecule has 21 heavy (non-hydrogen) atoms. The van der Waals surface area contributed by atoms with E-state index in [2.05, 4.69) is 10.2 Å². The largest absolute Gasteiger partial charge is 0.395 e. The van der Waals surface area contributed by atoms with E-state index in [1.165, 1.54) is 37.7 Å². The van der Waals surface area contributed by atoms with E-state index in [0.29, 0.717) is 11.6 Å². The van der Waals surface area contributed by atoms with Crippen LogP contribution in [0.5, 0.6) is 0 Å². The van der Waals surface area contributed by atoms with Gasteiger partial charge in [0, 0.05) is 31.7 Å². The van der Waals surface area contributed by atoms with Crippen LogP contribution in [0.4, 0.5) is 0 Å². The van der Waals surface area contributed by atoms with Gasteiger partial charge in [-0.15, -0.1) is 0 Å². The normalized spacial score (nSPS) is 16.1. The summed E-state index contributed by atoms with van der Waals surface area (Å²) in [6.45, 7) is 1.77. The Balaban J connectivity index is 2.00. The third kappa shape index (κ3) is 4.55. The molecule has 0 saturated heterocycles. The van der Waals surface area contributed by atoms with Crippen molar-refractivity contribution in [3.8, 4) is 0 Å². The predicted molar refractivity (Wildman–Crippen MR) is 84.2 cm³/mol. The fourth-order valence-corrected chi connectivity index (χ4v) is 3.11. The molecule has 2 N–H and O–H groups in total. The van der Waals surface area contributed by atoms with E-state index < -0.39 is 0 Å². The van der Waals surface area contributed by atoms with E-state index in [4.69, 9.17) is 0 Å². The molecule has 0 radical (unpaired) electrons. The Bertz CT molecular complexity index is 439. The van der Waals surface area contributed by atoms with Crippen molar-refractivity contribution < 1.29 is 9.90 Å². The zero-order valence-electron chi connectivity index (χ0n) is 12.8. The van der Waals surface area contributed by atoms with Gasteiger partial charge in [0.2, 0.25) is 0 Å². The standard InChI is InChI=1S/C17H26N2O2/c1-18-17(21)15-9-7-14(8-10-15)13-19(11-12-20)16-5-3-2-4-6-16/h7-10,16,20H,2-6,11-13H2,1H3,(H,18,21). The Labute approximate surface area is 127 Å². The Morgan fingerprint density at radius 3 is 2.48 bits per heavy atom. The highest BCUT2D eigenvalue weighted by Gasteiger charge is 2.20. The molecule has 0 spiro atoms. The van der Waals surface area contributed by atoms with Crippen molar-refractivity contribution in [3.63, 3.8) is 0 Å². The minimum Gasteiger partial charge on any atom is -0.395 e. The van der Waals surface area contributed by atoms with Gasteiger partial charge >= 0.3 is 0 Å². The fraction of sp³-hybridized carbons (Fsp3) is 0.588. The van der Waals surface area contributed by atoms with Crippen molar-refractivity contribution in [1.82, 2.24) is 10.2 Å². The van der Waals surface area contributed by atoms with Crippen LogP contribution in [0.3, 0.4) is 0 Å². The van der Waals surface area contributed by atoms with E-state index in [0.717, 1.165) is 13.1 Å². The van der Waals surface area contributed by atoms with Crippen molar-refractivity contribution in [1.29, 1.82) is 0 Å². The lowest BCUT2D eigenvalue weighted by Crippen LogP contribution is -2.38. The molecule has 0 aliphatic heterocycles. The smallest absolute Gasteiger partial charge is 0.251 e. The zero-order valence-corrected chi connectivity index (χ0v) is 12.8. The second-order valence-corrected chi connectivity index (χ2v) is 5.76. The average molecular weight is 290 g/mol. The maximum Gasteiger partial charge on any atom is 0.251 e. The fourth-order valence-electron chi connectivity index (χ4n) is 3.11. The molecule has 0 aromatic heterocycles. The highest BCUT2D eigenvalue weighted by atomic mass is 16.3. The summed E-state index contributed by atoms with van der Waals surface area (Å²) in [4.78, 5) is 13.9. The van der Waals surface area contributed by atoms with Crippen molar-refractivity contribution in [3.05, 3.63) is 35.4 Å². The Morgan fingerprint density at radius 2 is 1.90 bits per heavy atom. The molecule has 2 rings (SSSR count). The first-order valence-corrected chi connectivity index (χ1v) is 7.90. The van der Waals surface area contributed by atoms with E-state index in [-0.39, 0.29) is 12.5 Å². The van der Waals surface area contributed by atoms with Crippen molar-refractivity contribution in [2.75, 3.05) is 20.2 Å². The molecule has 1 aromatic rings. The molecule has 116 valence electrons. The number of benzene rings is 1. The van der Waals surface area contributed by atoms with Gasteiger partial charge in [0.25, 0.3) is 5.91 Å². The molecule has 0 atom stereocenters. The summed E-state index contributed by atoms with van der Waals surface area (Å²) in [6, 6.07) is 8.35. The SMILES string of the molecule is CNC(=O)c1ccc(CN(CCO)C2CCCCC2)cc1. The van der Waals surface area contributed by atoms with Gasteiger partial charge in [0.05, 0.1) is 6.61 Å². The monoisotopic (exact) mass is 290 g/mol. The van der Waals surface area contributed by atoms with E-state index in [9.17, 15) is 9.90 Å². The molecular weight excluding hydrogens is 264 g/mol. The van der Waals surface area contributed by atoms with Gasteiger partial charge in [-0.1, -0.05) is 31.4 Å². The summed E-state index contributed by atoms with van der Waals surface area (Å²) >= 11 is 0. The lowest BCUT2D eigenvalue weighted by molar-refractivity contribution is 0.0963. The summed E-state index contributed by atoms with van der Waals surface area (Å²) in [5.74, 6) is -0.0546. The van der Waals surface area contributed by atoms with Gasteiger partial charge in [-0.25, -0.2) is 0 Å². The second-order valence-electron chi connectivity index (χ2n) is 5.76. The highest BCUT2D eigenvalue weighted by molar-refractivity contribution is 5.93. The van der Waals surface area contributed by atoms with Crippen LogP contribution in [0.2, 0.25) is 0 Å². The number of carbonyl (C=O) groups is 1. The van der Waals surface area contributed by atoms with Gasteiger partial charge in [-0.05, 0) is 30.5 Å². The first-order chi connectivity index (χ1) is 10.2. The van der Waals surface area contributed by atoms with E-state index in [1.54, 1.807) is 7.05 Å². The number of hydrogen-bond donors (Lipinski definition) is 2. The van der Waals surface area contributed by atoms with Gasteiger partial charge in [-0.3, -0.25) is 9.69 Å². The minimum atomic E-state index is -0.0546. The summed E-state index contributed by atoms with van der Waals surface area (Å²) in [7, 11) is 1.64. The van der Waals surface area contributed by atoms with Crippen LogP contribution in [-0.2, 0) is 6.54 Å². The number of nitrogens with one attached hydrogen (secondary N) is 1. The number of nitrogens with zero attached hydrogens (tertiary/aromatic N) is 1. The van der Waals surface area contributed by atoms with Crippen molar-refractivity contribution in [2.45, 2.75) is 44.7 Å². The lowest BCUT2D eigenvalue weighted by atomic mass is 9.94. The third-order valence-corrected chi connectivity index (χ3v) is 4.31. The lowest BCUT2D eigenvalue weighted by Gasteiger charge is -2.34. The topological polar surface area (TPSA) is 52.6 Å². The summed E-state index contributed by atoms with van der Waals surface area (Å²) < 4.78 is 0. The summed E-state index contributed by atoms with van der Waals surface area (Å²) in [5.41, 5.74) is 1.88. The number of rotatable bonds is 6. The number of aliphatic hydroxyl groups excluding tert-OH is 1. The first-order valence-electron chi connectivity index (χ1n) is 7.90. The first kappa shape index (κ1) is 16.0. The van der Waals surface area contributed by atoms with Gasteiger partial charge in [0.15, 0.2) is 0 Å². The van der Waals surface area contributed by atoms with Gasteiger partial charge < -0.3 is 10.4 Å². The minimum absolute atomic E-state index is 0.0546.